The van der Waals surface area contributed by atoms with E-state index in [2.05, 4.69) is 20.8 Å². The Balaban J connectivity index is 4.36. The predicted molar refractivity (Wildman–Crippen MR) is 100 cm³/mol. The number of likely N-dealkylation sites (N-methyl/N-ethyl adjacent to an activating group) is 4. The third kappa shape index (κ3) is 10.1. The summed E-state index contributed by atoms with van der Waals surface area (Å²) >= 11 is 0. The summed E-state index contributed by atoms with van der Waals surface area (Å²) in [5, 5.41) is 0. The van der Waals surface area contributed by atoms with Crippen molar-refractivity contribution in [3.05, 3.63) is 0 Å². The van der Waals surface area contributed by atoms with Gasteiger partial charge in [0.2, 0.25) is 17.7 Å². The number of nitrogens with zero attached hydrogens (tertiary/aromatic N) is 4. The van der Waals surface area contributed by atoms with Crippen LogP contribution in [0.1, 0.15) is 33.6 Å². The van der Waals surface area contributed by atoms with Gasteiger partial charge in [0.05, 0.1) is 19.6 Å². The Bertz CT molecular complexity index is 440. The molecule has 7 heteroatoms. The molecule has 0 radical (unpaired) electrons. The molecule has 0 aliphatic rings. The molecule has 3 amide bonds. The zero-order valence-electron chi connectivity index (χ0n) is 17.0. The molecular weight excluding hydrogens is 320 g/mol. The molecule has 0 aromatic heterocycles. The van der Waals surface area contributed by atoms with Gasteiger partial charge in [-0.1, -0.05) is 27.2 Å². The molecule has 0 bridgehead atoms. The van der Waals surface area contributed by atoms with Crippen molar-refractivity contribution in [3.8, 4) is 0 Å². The normalized spacial score (nSPS) is 10.9. The van der Waals surface area contributed by atoms with Gasteiger partial charge >= 0.3 is 0 Å². The van der Waals surface area contributed by atoms with Crippen molar-refractivity contribution in [1.29, 1.82) is 0 Å². The van der Waals surface area contributed by atoms with E-state index in [1.54, 1.807) is 26.0 Å². The van der Waals surface area contributed by atoms with Crippen LogP contribution in [0.2, 0.25) is 0 Å². The molecule has 0 spiro atoms. The van der Waals surface area contributed by atoms with Crippen molar-refractivity contribution in [2.75, 3.05) is 60.9 Å². The molecule has 0 fully saturated rings. The maximum Gasteiger partial charge on any atom is 0.242 e. The van der Waals surface area contributed by atoms with E-state index in [0.29, 0.717) is 12.5 Å². The quantitative estimate of drug-likeness (QED) is 0.548. The monoisotopic (exact) mass is 356 g/mol. The molecule has 25 heavy (non-hydrogen) atoms. The van der Waals surface area contributed by atoms with E-state index in [0.717, 1.165) is 19.4 Å². The Kier molecular flexibility index (Phi) is 11.1. The average molecular weight is 357 g/mol. The van der Waals surface area contributed by atoms with Gasteiger partial charge < -0.3 is 14.7 Å². The van der Waals surface area contributed by atoms with E-state index >= 15 is 0 Å². The number of rotatable bonds is 11. The highest BCUT2D eigenvalue weighted by Crippen LogP contribution is 1.99. The molecule has 0 aromatic carbocycles. The summed E-state index contributed by atoms with van der Waals surface area (Å²) in [5.74, 6) is 0.0532. The molecule has 0 saturated carbocycles. The number of unbranched alkanes of at least 4 members (excludes halogenated alkanes) is 1. The summed E-state index contributed by atoms with van der Waals surface area (Å²) in [5.41, 5.74) is 0. The van der Waals surface area contributed by atoms with Gasteiger partial charge in [-0.05, 0) is 19.4 Å². The minimum absolute atomic E-state index is 0.0171. The van der Waals surface area contributed by atoms with Crippen LogP contribution in [0.5, 0.6) is 0 Å². The molecular formula is C18H36N4O3. The second kappa shape index (κ2) is 11.8. The molecule has 0 N–H and O–H groups in total. The van der Waals surface area contributed by atoms with E-state index in [1.165, 1.54) is 9.80 Å². The summed E-state index contributed by atoms with van der Waals surface area (Å²) in [6.45, 7) is 8.08. The lowest BCUT2D eigenvalue weighted by atomic mass is 10.2. The standard InChI is InChI=1S/C18H36N4O3/c1-8-9-10-20(5)17(24)13-22(7)18(25)14-21(6)16(23)12-19(4)11-15(2)3/h15H,8-14H2,1-7H3. The lowest BCUT2D eigenvalue weighted by Crippen LogP contribution is -2.46. The second-order valence-electron chi connectivity index (χ2n) is 7.26. The van der Waals surface area contributed by atoms with Crippen LogP contribution >= 0.6 is 0 Å². The van der Waals surface area contributed by atoms with Gasteiger partial charge in [-0.3, -0.25) is 19.3 Å². The maximum absolute atomic E-state index is 12.2. The average Bonchev–Trinajstić information content (AvgIpc) is 2.50. The van der Waals surface area contributed by atoms with E-state index in [4.69, 9.17) is 0 Å². The van der Waals surface area contributed by atoms with Gasteiger partial charge in [-0.15, -0.1) is 0 Å². The van der Waals surface area contributed by atoms with Crippen LogP contribution in [-0.2, 0) is 14.4 Å². The summed E-state index contributed by atoms with van der Waals surface area (Å²) in [6.07, 6.45) is 1.96. The van der Waals surface area contributed by atoms with Crippen molar-refractivity contribution in [1.82, 2.24) is 19.6 Å². The molecule has 146 valence electrons. The zero-order valence-corrected chi connectivity index (χ0v) is 17.0. The van der Waals surface area contributed by atoms with Crippen molar-refractivity contribution < 1.29 is 14.4 Å². The summed E-state index contributed by atoms with van der Waals surface area (Å²) in [6, 6.07) is 0. The zero-order chi connectivity index (χ0) is 19.6. The summed E-state index contributed by atoms with van der Waals surface area (Å²) in [4.78, 5) is 42.9. The van der Waals surface area contributed by atoms with Crippen molar-refractivity contribution >= 4 is 17.7 Å². The smallest absolute Gasteiger partial charge is 0.242 e. The minimum atomic E-state index is -0.236. The third-order valence-electron chi connectivity index (χ3n) is 3.95. The summed E-state index contributed by atoms with van der Waals surface area (Å²) in [7, 11) is 6.85. The van der Waals surface area contributed by atoms with Crippen molar-refractivity contribution in [2.45, 2.75) is 33.6 Å². The lowest BCUT2D eigenvalue weighted by Gasteiger charge is -2.26. The van der Waals surface area contributed by atoms with Crippen LogP contribution in [0.4, 0.5) is 0 Å². The topological polar surface area (TPSA) is 64.2 Å². The molecule has 0 aliphatic heterocycles. The fraction of sp³-hybridized carbons (Fsp3) is 0.833. The molecule has 0 unspecified atom stereocenters. The van der Waals surface area contributed by atoms with Crippen LogP contribution in [-0.4, -0.2) is 98.2 Å². The van der Waals surface area contributed by atoms with Crippen LogP contribution in [0.25, 0.3) is 0 Å². The van der Waals surface area contributed by atoms with E-state index in [9.17, 15) is 14.4 Å². The van der Waals surface area contributed by atoms with Gasteiger partial charge in [-0.25, -0.2) is 0 Å². The number of hydrogen-bond donors (Lipinski definition) is 0. The first-order chi connectivity index (χ1) is 11.6. The number of carbonyl (C=O) groups is 3. The van der Waals surface area contributed by atoms with Gasteiger partial charge in [0.1, 0.15) is 0 Å². The van der Waals surface area contributed by atoms with E-state index < -0.39 is 0 Å². The molecule has 0 atom stereocenters. The van der Waals surface area contributed by atoms with Crippen molar-refractivity contribution in [2.24, 2.45) is 5.92 Å². The fourth-order valence-electron chi connectivity index (χ4n) is 2.38. The third-order valence-corrected chi connectivity index (χ3v) is 3.95. The minimum Gasteiger partial charge on any atom is -0.344 e. The number of amides is 3. The highest BCUT2D eigenvalue weighted by molar-refractivity contribution is 5.88. The summed E-state index contributed by atoms with van der Waals surface area (Å²) < 4.78 is 0. The number of carbonyl (C=O) groups excluding carboxylic acids is 3. The van der Waals surface area contributed by atoms with E-state index in [-0.39, 0.29) is 37.4 Å². The lowest BCUT2D eigenvalue weighted by molar-refractivity contribution is -0.142. The van der Waals surface area contributed by atoms with Gasteiger partial charge in [-0.2, -0.15) is 0 Å². The molecule has 7 nitrogen and oxygen atoms in total. The first-order valence-electron chi connectivity index (χ1n) is 8.98. The van der Waals surface area contributed by atoms with Crippen LogP contribution in [0.15, 0.2) is 0 Å². The molecule has 0 rings (SSSR count). The Morgan fingerprint density at radius 2 is 1.20 bits per heavy atom. The Labute approximate surface area is 152 Å². The van der Waals surface area contributed by atoms with Gasteiger partial charge in [0.25, 0.3) is 0 Å². The molecule has 0 saturated heterocycles. The van der Waals surface area contributed by atoms with Gasteiger partial charge in [0.15, 0.2) is 0 Å². The highest BCUT2D eigenvalue weighted by atomic mass is 16.2. The highest BCUT2D eigenvalue weighted by Gasteiger charge is 2.20. The van der Waals surface area contributed by atoms with Crippen LogP contribution in [0, 0.1) is 5.92 Å². The first-order valence-corrected chi connectivity index (χ1v) is 8.98. The largest absolute Gasteiger partial charge is 0.344 e. The van der Waals surface area contributed by atoms with E-state index in [1.807, 2.05) is 11.9 Å². The van der Waals surface area contributed by atoms with Crippen LogP contribution < -0.4 is 0 Å². The van der Waals surface area contributed by atoms with Crippen molar-refractivity contribution in [3.63, 3.8) is 0 Å². The maximum atomic E-state index is 12.2. The SMILES string of the molecule is CCCCN(C)C(=O)CN(C)C(=O)CN(C)C(=O)CN(C)CC(C)C. The second-order valence-corrected chi connectivity index (χ2v) is 7.26. The van der Waals surface area contributed by atoms with Gasteiger partial charge in [0, 0.05) is 34.2 Å². The Morgan fingerprint density at radius 1 is 0.760 bits per heavy atom. The van der Waals surface area contributed by atoms with Crippen LogP contribution in [0.3, 0.4) is 0 Å². The fourth-order valence-corrected chi connectivity index (χ4v) is 2.38. The molecule has 0 aliphatic carbocycles. The molecule has 0 heterocycles. The Morgan fingerprint density at radius 3 is 1.64 bits per heavy atom. The predicted octanol–water partition coefficient (Wildman–Crippen LogP) is 0.750. The first kappa shape index (κ1) is 23.4. The number of hydrogen-bond acceptors (Lipinski definition) is 4. The Hall–Kier alpha value is -1.63. The molecule has 0 aromatic rings.